The van der Waals surface area contributed by atoms with Crippen molar-refractivity contribution in [3.63, 3.8) is 0 Å². The van der Waals surface area contributed by atoms with E-state index in [0.29, 0.717) is 5.92 Å². The summed E-state index contributed by atoms with van der Waals surface area (Å²) in [5.74, 6) is 0.422. The smallest absolute Gasteiger partial charge is 0.0631 e. The minimum atomic E-state index is -0.552. The van der Waals surface area contributed by atoms with Crippen molar-refractivity contribution in [2.24, 2.45) is 11.3 Å². The molecule has 0 saturated carbocycles. The Kier molecular flexibility index (Phi) is 4.03. The monoisotopic (exact) mass is 214 g/mol. The van der Waals surface area contributed by atoms with Gasteiger partial charge in [0.25, 0.3) is 0 Å². The Morgan fingerprint density at radius 1 is 1.19 bits per heavy atom. The van der Waals surface area contributed by atoms with Crippen LogP contribution in [0.1, 0.15) is 60.3 Å². The van der Waals surface area contributed by atoms with E-state index in [1.54, 1.807) is 0 Å². The Balaban J connectivity index is 2.87. The van der Waals surface area contributed by atoms with Gasteiger partial charge in [0.1, 0.15) is 0 Å². The van der Waals surface area contributed by atoms with Crippen LogP contribution in [0.5, 0.6) is 0 Å². The third-order valence-electron chi connectivity index (χ3n) is 4.88. The van der Waals surface area contributed by atoms with E-state index in [-0.39, 0.29) is 5.41 Å². The van der Waals surface area contributed by atoms with Crippen LogP contribution in [-0.4, -0.2) is 15.7 Å². The number of hydrogen-bond acceptors (Lipinski definition) is 0. The van der Waals surface area contributed by atoms with Gasteiger partial charge in [0.2, 0.25) is 0 Å². The van der Waals surface area contributed by atoms with Crippen molar-refractivity contribution in [2.75, 3.05) is 0 Å². The fourth-order valence-corrected chi connectivity index (χ4v) is 2.52. The molecule has 4 radical (unpaired) electrons. The van der Waals surface area contributed by atoms with Gasteiger partial charge in [-0.05, 0) is 44.4 Å². The largest absolute Gasteiger partial charge is 0.0911 e. The van der Waals surface area contributed by atoms with Crippen molar-refractivity contribution in [1.29, 1.82) is 0 Å². The molecule has 0 aromatic heterocycles. The molecule has 0 spiro atoms. The second-order valence-corrected chi connectivity index (χ2v) is 6.17. The number of rotatable bonds is 3. The minimum Gasteiger partial charge on any atom is -0.0911 e. The zero-order valence-electron chi connectivity index (χ0n) is 11.6. The molecule has 1 atom stereocenters. The molecule has 2 heteroatoms. The Hall–Kier alpha value is -0.130. The summed E-state index contributed by atoms with van der Waals surface area (Å²) in [5, 5.41) is -0.552. The fourth-order valence-electron chi connectivity index (χ4n) is 2.52. The predicted octanol–water partition coefficient (Wildman–Crippen LogP) is 4.01. The Morgan fingerprint density at radius 2 is 1.75 bits per heavy atom. The van der Waals surface area contributed by atoms with Gasteiger partial charge in [0.15, 0.2) is 0 Å². The van der Waals surface area contributed by atoms with Crippen LogP contribution in [0.4, 0.5) is 0 Å². The van der Waals surface area contributed by atoms with Crippen molar-refractivity contribution in [1.82, 2.24) is 0 Å². The molecule has 1 aliphatic rings. The van der Waals surface area contributed by atoms with Crippen LogP contribution in [0.2, 0.25) is 5.21 Å². The molecule has 0 heterocycles. The molecule has 0 aromatic rings. The molecule has 0 aliphatic heterocycles. The maximum Gasteiger partial charge on any atom is 0.0631 e. The van der Waals surface area contributed by atoms with Crippen LogP contribution < -0.4 is 0 Å². The topological polar surface area (TPSA) is 0 Å². The first kappa shape index (κ1) is 13.9. The molecular formula is C14H24B2. The van der Waals surface area contributed by atoms with E-state index >= 15 is 0 Å². The van der Waals surface area contributed by atoms with Crippen molar-refractivity contribution in [3.8, 4) is 0 Å². The SMILES string of the molecule is [B]C([B])(C1CCC(C)=C(C)C1)C(C)(C)CC. The van der Waals surface area contributed by atoms with Crippen LogP contribution in [0, 0.1) is 11.3 Å². The van der Waals surface area contributed by atoms with E-state index in [4.69, 9.17) is 15.7 Å². The van der Waals surface area contributed by atoms with Gasteiger partial charge < -0.3 is 0 Å². The highest BCUT2D eigenvalue weighted by Crippen LogP contribution is 2.53. The van der Waals surface area contributed by atoms with Gasteiger partial charge in [-0.2, -0.15) is 0 Å². The van der Waals surface area contributed by atoms with E-state index in [9.17, 15) is 0 Å². The molecule has 16 heavy (non-hydrogen) atoms. The van der Waals surface area contributed by atoms with Crippen LogP contribution in [0.25, 0.3) is 0 Å². The second kappa shape index (κ2) is 4.62. The lowest BCUT2D eigenvalue weighted by Crippen LogP contribution is -2.39. The number of hydrogen-bond donors (Lipinski definition) is 0. The molecule has 0 bridgehead atoms. The highest BCUT2D eigenvalue weighted by atomic mass is 14.4. The van der Waals surface area contributed by atoms with Crippen LogP contribution in [0.3, 0.4) is 0 Å². The lowest BCUT2D eigenvalue weighted by Gasteiger charge is -2.50. The van der Waals surface area contributed by atoms with E-state index < -0.39 is 5.21 Å². The van der Waals surface area contributed by atoms with Crippen LogP contribution >= 0.6 is 0 Å². The van der Waals surface area contributed by atoms with Crippen molar-refractivity contribution >= 4 is 15.7 Å². The van der Waals surface area contributed by atoms with Crippen molar-refractivity contribution in [3.05, 3.63) is 11.1 Å². The third-order valence-corrected chi connectivity index (χ3v) is 4.88. The molecule has 0 amide bonds. The standard InChI is InChI=1S/C14H24B2/c1-6-13(4,5)14(15,16)12-8-7-10(2)11(3)9-12/h12H,6-9H2,1-5H3. The van der Waals surface area contributed by atoms with Gasteiger partial charge in [-0.1, -0.05) is 43.6 Å². The molecule has 0 aromatic carbocycles. The van der Waals surface area contributed by atoms with Crippen LogP contribution in [0.15, 0.2) is 11.1 Å². The molecular weight excluding hydrogens is 190 g/mol. The summed E-state index contributed by atoms with van der Waals surface area (Å²) >= 11 is 0. The number of allylic oxidation sites excluding steroid dienone is 2. The molecule has 0 N–H and O–H groups in total. The Labute approximate surface area is 104 Å². The van der Waals surface area contributed by atoms with Gasteiger partial charge >= 0.3 is 0 Å². The average molecular weight is 214 g/mol. The van der Waals surface area contributed by atoms with E-state index in [0.717, 1.165) is 25.7 Å². The lowest BCUT2D eigenvalue weighted by atomic mass is 9.36. The highest BCUT2D eigenvalue weighted by molar-refractivity contribution is 6.40. The van der Waals surface area contributed by atoms with Gasteiger partial charge in [-0.25, -0.2) is 0 Å². The highest BCUT2D eigenvalue weighted by Gasteiger charge is 2.41. The summed E-state index contributed by atoms with van der Waals surface area (Å²) in [7, 11) is 12.9. The molecule has 0 nitrogen and oxygen atoms in total. The summed E-state index contributed by atoms with van der Waals surface area (Å²) < 4.78 is 0. The molecule has 1 rings (SSSR count). The summed E-state index contributed by atoms with van der Waals surface area (Å²) in [6, 6.07) is 0. The van der Waals surface area contributed by atoms with E-state index in [1.807, 2.05) is 0 Å². The van der Waals surface area contributed by atoms with E-state index in [1.165, 1.54) is 11.1 Å². The average Bonchev–Trinajstić information content (AvgIpc) is 2.21. The van der Waals surface area contributed by atoms with Crippen LogP contribution in [-0.2, 0) is 0 Å². The summed E-state index contributed by atoms with van der Waals surface area (Å²) in [6.07, 6.45) is 4.40. The fraction of sp³-hybridized carbons (Fsp3) is 0.857. The maximum atomic E-state index is 6.44. The minimum absolute atomic E-state index is 0.00317. The molecule has 1 aliphatic carbocycles. The first-order valence-electron chi connectivity index (χ1n) is 6.45. The van der Waals surface area contributed by atoms with Gasteiger partial charge in [-0.15, -0.1) is 0 Å². The zero-order chi connectivity index (χ0) is 12.6. The molecule has 86 valence electrons. The first-order chi connectivity index (χ1) is 7.22. The summed E-state index contributed by atoms with van der Waals surface area (Å²) in [5.41, 5.74) is 3.02. The Morgan fingerprint density at radius 3 is 2.19 bits per heavy atom. The van der Waals surface area contributed by atoms with Gasteiger partial charge in [0, 0.05) is 0 Å². The normalized spacial score (nSPS) is 23.7. The summed E-state index contributed by atoms with van der Waals surface area (Å²) in [4.78, 5) is 0. The maximum absolute atomic E-state index is 6.44. The summed E-state index contributed by atoms with van der Waals surface area (Å²) in [6.45, 7) is 11.0. The first-order valence-corrected chi connectivity index (χ1v) is 6.45. The second-order valence-electron chi connectivity index (χ2n) is 6.17. The quantitative estimate of drug-likeness (QED) is 0.491. The Bertz CT molecular complexity index is 287. The zero-order valence-corrected chi connectivity index (χ0v) is 11.6. The van der Waals surface area contributed by atoms with Crippen molar-refractivity contribution in [2.45, 2.75) is 65.5 Å². The molecule has 0 fully saturated rings. The lowest BCUT2D eigenvalue weighted by molar-refractivity contribution is 0.209. The third kappa shape index (κ3) is 2.41. The molecule has 1 unspecified atom stereocenters. The van der Waals surface area contributed by atoms with E-state index in [2.05, 4.69) is 34.6 Å². The predicted molar refractivity (Wildman–Crippen MR) is 74.0 cm³/mol. The van der Waals surface area contributed by atoms with Crippen molar-refractivity contribution < 1.29 is 0 Å². The van der Waals surface area contributed by atoms with Gasteiger partial charge in [-0.3, -0.25) is 0 Å². The molecule has 0 saturated heterocycles. The van der Waals surface area contributed by atoms with Gasteiger partial charge in [0.05, 0.1) is 15.7 Å².